The Bertz CT molecular complexity index is 869. The van der Waals surface area contributed by atoms with Crippen LogP contribution in [0, 0.1) is 13.8 Å². The van der Waals surface area contributed by atoms with Gasteiger partial charge in [0.2, 0.25) is 0 Å². The van der Waals surface area contributed by atoms with Crippen molar-refractivity contribution in [3.8, 4) is 0 Å². The minimum atomic E-state index is 0.954. The molecule has 0 aliphatic carbocycles. The fourth-order valence-electron chi connectivity index (χ4n) is 2.80. The van der Waals surface area contributed by atoms with Crippen molar-refractivity contribution in [1.82, 2.24) is 0 Å². The third kappa shape index (κ3) is 3.17. The molecule has 0 saturated carbocycles. The van der Waals surface area contributed by atoms with Crippen LogP contribution in [0.15, 0.2) is 91.2 Å². The highest BCUT2D eigenvalue weighted by Crippen LogP contribution is 2.35. The molecule has 118 valence electrons. The minimum absolute atomic E-state index is 0.954. The number of nitrogens with zero attached hydrogens (tertiary/aromatic N) is 1. The van der Waals surface area contributed by atoms with Gasteiger partial charge in [0.1, 0.15) is 0 Å². The monoisotopic (exact) mass is 311 g/mol. The maximum atomic E-state index is 3.96. The van der Waals surface area contributed by atoms with Gasteiger partial charge < -0.3 is 4.90 Å². The molecule has 24 heavy (non-hydrogen) atoms. The minimum Gasteiger partial charge on any atom is -0.303 e. The van der Waals surface area contributed by atoms with Crippen LogP contribution in [0.5, 0.6) is 0 Å². The second-order valence-electron chi connectivity index (χ2n) is 5.85. The van der Waals surface area contributed by atoms with Crippen LogP contribution in [0.25, 0.3) is 5.70 Å². The van der Waals surface area contributed by atoms with Gasteiger partial charge in [0.05, 0.1) is 5.70 Å². The summed E-state index contributed by atoms with van der Waals surface area (Å²) in [5.74, 6) is 0. The van der Waals surface area contributed by atoms with E-state index in [1.54, 1.807) is 0 Å². The molecule has 0 amide bonds. The van der Waals surface area contributed by atoms with Gasteiger partial charge in [0.25, 0.3) is 0 Å². The normalized spacial score (nSPS) is 10.1. The average Bonchev–Trinajstić information content (AvgIpc) is 2.62. The van der Waals surface area contributed by atoms with E-state index in [0.717, 1.165) is 22.6 Å². The van der Waals surface area contributed by atoms with Crippen molar-refractivity contribution in [2.45, 2.75) is 13.8 Å². The van der Waals surface area contributed by atoms with E-state index in [1.807, 2.05) is 6.07 Å². The molecule has 3 aromatic carbocycles. The zero-order valence-electron chi connectivity index (χ0n) is 14.2. The van der Waals surface area contributed by atoms with Crippen molar-refractivity contribution in [2.75, 3.05) is 4.90 Å². The molecule has 0 unspecified atom stereocenters. The molecule has 0 atom stereocenters. The first-order valence-electron chi connectivity index (χ1n) is 8.08. The van der Waals surface area contributed by atoms with Gasteiger partial charge in [-0.05, 0) is 37.6 Å². The fourth-order valence-corrected chi connectivity index (χ4v) is 2.80. The third-order valence-corrected chi connectivity index (χ3v) is 4.09. The molecule has 3 rings (SSSR count). The summed E-state index contributed by atoms with van der Waals surface area (Å²) < 4.78 is 0. The first-order valence-corrected chi connectivity index (χ1v) is 8.08. The number of hydrogen-bond donors (Lipinski definition) is 0. The highest BCUT2D eigenvalue weighted by atomic mass is 15.1. The van der Waals surface area contributed by atoms with Crippen LogP contribution in [0.3, 0.4) is 0 Å². The molecule has 0 radical (unpaired) electrons. The molecule has 0 heterocycles. The topological polar surface area (TPSA) is 3.24 Å². The van der Waals surface area contributed by atoms with E-state index in [2.05, 4.69) is 104 Å². The number of hydrogen-bond acceptors (Lipinski definition) is 1. The van der Waals surface area contributed by atoms with Gasteiger partial charge in [-0.1, -0.05) is 72.8 Å². The summed E-state index contributed by atoms with van der Waals surface area (Å²) in [7, 11) is 0. The first kappa shape index (κ1) is 15.9. The lowest BCUT2D eigenvalue weighted by Crippen LogP contribution is -2.16. The molecule has 0 spiro atoms. The second-order valence-corrected chi connectivity index (χ2v) is 5.85. The lowest BCUT2D eigenvalue weighted by Gasteiger charge is -2.28. The van der Waals surface area contributed by atoms with Gasteiger partial charge in [0.15, 0.2) is 0 Å². The van der Waals surface area contributed by atoms with Gasteiger partial charge >= 0.3 is 0 Å². The largest absolute Gasteiger partial charge is 0.303 e. The highest BCUT2D eigenvalue weighted by Gasteiger charge is 2.17. The molecular formula is C23H21N. The first-order chi connectivity index (χ1) is 11.7. The Morgan fingerprint density at radius 3 is 2.04 bits per heavy atom. The summed E-state index contributed by atoms with van der Waals surface area (Å²) in [4.78, 5) is 2.22. The Morgan fingerprint density at radius 2 is 1.42 bits per heavy atom. The lowest BCUT2D eigenvalue weighted by atomic mass is 10.1. The quantitative estimate of drug-likeness (QED) is 0.513. The van der Waals surface area contributed by atoms with Gasteiger partial charge in [-0.3, -0.25) is 0 Å². The number of para-hydroxylation sites is 2. The fraction of sp³-hybridized carbons (Fsp3) is 0.0870. The van der Waals surface area contributed by atoms with Crippen molar-refractivity contribution < 1.29 is 0 Å². The standard InChI is InChI=1S/C23H21N/c1-4-22(20-16-14-18(2)15-17-20)24(21-11-6-5-7-12-21)23-13-9-8-10-19(23)3/h5-17H,1H2,2-3H3. The zero-order chi connectivity index (χ0) is 16.9. The molecule has 0 aliphatic rings. The third-order valence-electron chi connectivity index (χ3n) is 4.09. The molecule has 0 saturated heterocycles. The molecule has 1 nitrogen and oxygen atoms in total. The maximum Gasteiger partial charge on any atom is 0.0958 e. The predicted molar refractivity (Wildman–Crippen MR) is 103 cm³/mol. The average molecular weight is 311 g/mol. The second kappa shape index (κ2) is 7.04. The number of aryl methyl sites for hydroxylation is 2. The van der Waals surface area contributed by atoms with E-state index in [0.29, 0.717) is 0 Å². The summed E-state index contributed by atoms with van der Waals surface area (Å²) >= 11 is 0. The number of benzene rings is 3. The molecule has 0 aromatic heterocycles. The molecule has 1 heteroatoms. The molecule has 0 fully saturated rings. The molecule has 0 aliphatic heterocycles. The smallest absolute Gasteiger partial charge is 0.0958 e. The summed E-state index contributed by atoms with van der Waals surface area (Å²) in [6, 6.07) is 27.2. The lowest BCUT2D eigenvalue weighted by molar-refractivity contribution is 1.26. The van der Waals surface area contributed by atoms with Crippen LogP contribution in [0.1, 0.15) is 16.7 Å². The van der Waals surface area contributed by atoms with E-state index >= 15 is 0 Å². The molecular weight excluding hydrogens is 290 g/mol. The summed E-state index contributed by atoms with van der Waals surface area (Å²) in [6.07, 6.45) is 0. The van der Waals surface area contributed by atoms with E-state index in [1.165, 1.54) is 11.1 Å². The highest BCUT2D eigenvalue weighted by molar-refractivity contribution is 5.88. The Labute approximate surface area is 144 Å². The van der Waals surface area contributed by atoms with E-state index in [4.69, 9.17) is 0 Å². The maximum absolute atomic E-state index is 3.96. The van der Waals surface area contributed by atoms with E-state index in [-0.39, 0.29) is 0 Å². The summed E-state index contributed by atoms with van der Waals surface area (Å²) in [6.45, 7) is 8.18. The van der Waals surface area contributed by atoms with E-state index in [9.17, 15) is 0 Å². The van der Waals surface area contributed by atoms with Crippen LogP contribution in [0.2, 0.25) is 0 Å². The van der Waals surface area contributed by atoms with Crippen molar-refractivity contribution in [1.29, 1.82) is 0 Å². The predicted octanol–water partition coefficient (Wildman–Crippen LogP) is 6.27. The van der Waals surface area contributed by atoms with Crippen LogP contribution in [0.4, 0.5) is 11.4 Å². The summed E-state index contributed by atoms with van der Waals surface area (Å²) in [5, 5.41) is 0. The van der Waals surface area contributed by atoms with Gasteiger partial charge in [-0.15, -0.1) is 5.73 Å². The van der Waals surface area contributed by atoms with Crippen LogP contribution in [-0.2, 0) is 0 Å². The van der Waals surface area contributed by atoms with Crippen molar-refractivity contribution in [3.63, 3.8) is 0 Å². The molecule has 0 N–H and O–H groups in total. The molecule has 0 bridgehead atoms. The van der Waals surface area contributed by atoms with Crippen molar-refractivity contribution in [3.05, 3.63) is 108 Å². The Balaban J connectivity index is 2.19. The van der Waals surface area contributed by atoms with Crippen LogP contribution in [-0.4, -0.2) is 0 Å². The SMILES string of the molecule is C=C=C(c1ccc(C)cc1)N(c1ccccc1)c1ccccc1C. The van der Waals surface area contributed by atoms with E-state index < -0.39 is 0 Å². The van der Waals surface area contributed by atoms with Gasteiger partial charge in [-0.25, -0.2) is 0 Å². The Morgan fingerprint density at radius 1 is 0.792 bits per heavy atom. The number of rotatable bonds is 4. The Kier molecular flexibility index (Phi) is 4.65. The van der Waals surface area contributed by atoms with Gasteiger partial charge in [0, 0.05) is 16.9 Å². The molecule has 3 aromatic rings. The van der Waals surface area contributed by atoms with Crippen LogP contribution >= 0.6 is 0 Å². The zero-order valence-corrected chi connectivity index (χ0v) is 14.2. The van der Waals surface area contributed by atoms with Crippen molar-refractivity contribution in [2.24, 2.45) is 0 Å². The number of anilines is 2. The van der Waals surface area contributed by atoms with Crippen molar-refractivity contribution >= 4 is 17.1 Å². The summed E-state index contributed by atoms with van der Waals surface area (Å²) in [5.41, 5.74) is 9.89. The Hall–Kier alpha value is -3.02. The van der Waals surface area contributed by atoms with Gasteiger partial charge in [-0.2, -0.15) is 0 Å². The van der Waals surface area contributed by atoms with Crippen LogP contribution < -0.4 is 4.90 Å².